The molecule has 1 saturated heterocycles. The fourth-order valence-electron chi connectivity index (χ4n) is 2.40. The standard InChI is InChI=1S/C13H21N3OS/c1-8-12(18-10(3)15-8)9(2)16-13(17)11-6-4-5-7-14-11/h9,11,14H,4-7H2,1-3H3,(H,16,17). The van der Waals surface area contributed by atoms with Gasteiger partial charge >= 0.3 is 0 Å². The quantitative estimate of drug-likeness (QED) is 0.881. The third-order valence-corrected chi connectivity index (χ3v) is 4.57. The van der Waals surface area contributed by atoms with Crippen LogP contribution in [0.4, 0.5) is 0 Å². The normalized spacial score (nSPS) is 21.6. The number of piperidine rings is 1. The zero-order valence-electron chi connectivity index (χ0n) is 11.2. The number of rotatable bonds is 3. The maximum Gasteiger partial charge on any atom is 0.237 e. The summed E-state index contributed by atoms with van der Waals surface area (Å²) in [7, 11) is 0. The van der Waals surface area contributed by atoms with Gasteiger partial charge in [-0.1, -0.05) is 6.42 Å². The number of nitrogens with one attached hydrogen (secondary N) is 2. The minimum absolute atomic E-state index is 0.0180. The summed E-state index contributed by atoms with van der Waals surface area (Å²) in [5.74, 6) is 0.118. The number of carbonyl (C=O) groups is 1. The molecule has 0 aliphatic carbocycles. The molecule has 2 atom stereocenters. The first-order valence-corrected chi connectivity index (χ1v) is 7.37. The van der Waals surface area contributed by atoms with Crippen LogP contribution < -0.4 is 10.6 Å². The van der Waals surface area contributed by atoms with E-state index in [2.05, 4.69) is 15.6 Å². The van der Waals surface area contributed by atoms with Gasteiger partial charge in [0.25, 0.3) is 0 Å². The van der Waals surface area contributed by atoms with Crippen molar-refractivity contribution in [1.82, 2.24) is 15.6 Å². The van der Waals surface area contributed by atoms with Crippen molar-refractivity contribution in [2.24, 2.45) is 0 Å². The van der Waals surface area contributed by atoms with Gasteiger partial charge in [0.15, 0.2) is 0 Å². The largest absolute Gasteiger partial charge is 0.347 e. The van der Waals surface area contributed by atoms with Crippen molar-refractivity contribution in [2.75, 3.05) is 6.54 Å². The highest BCUT2D eigenvalue weighted by molar-refractivity contribution is 7.11. The number of thiazole rings is 1. The predicted octanol–water partition coefficient (Wildman–Crippen LogP) is 2.08. The lowest BCUT2D eigenvalue weighted by molar-refractivity contribution is -0.124. The van der Waals surface area contributed by atoms with Gasteiger partial charge in [0.05, 0.1) is 22.8 Å². The molecule has 0 bridgehead atoms. The fourth-order valence-corrected chi connectivity index (χ4v) is 3.33. The molecule has 2 rings (SSSR count). The second kappa shape index (κ2) is 5.80. The van der Waals surface area contributed by atoms with Crippen LogP contribution in [0, 0.1) is 13.8 Å². The maximum absolute atomic E-state index is 12.1. The zero-order valence-corrected chi connectivity index (χ0v) is 12.1. The topological polar surface area (TPSA) is 54.0 Å². The Morgan fingerprint density at radius 2 is 2.28 bits per heavy atom. The number of aromatic nitrogens is 1. The molecule has 1 aromatic heterocycles. The van der Waals surface area contributed by atoms with Gasteiger partial charge in [0.2, 0.25) is 5.91 Å². The van der Waals surface area contributed by atoms with E-state index >= 15 is 0 Å². The molecule has 0 saturated carbocycles. The van der Waals surface area contributed by atoms with E-state index in [4.69, 9.17) is 0 Å². The van der Waals surface area contributed by atoms with Crippen molar-refractivity contribution >= 4 is 17.2 Å². The maximum atomic E-state index is 12.1. The SMILES string of the molecule is Cc1nc(C)c(C(C)NC(=O)C2CCCCN2)s1. The second-order valence-corrected chi connectivity index (χ2v) is 6.15. The minimum atomic E-state index is -0.0180. The highest BCUT2D eigenvalue weighted by atomic mass is 32.1. The number of hydrogen-bond donors (Lipinski definition) is 2. The summed E-state index contributed by atoms with van der Waals surface area (Å²) >= 11 is 1.66. The first-order chi connectivity index (χ1) is 8.58. The van der Waals surface area contributed by atoms with Gasteiger partial charge in [-0.25, -0.2) is 4.98 Å². The van der Waals surface area contributed by atoms with E-state index in [1.807, 2.05) is 20.8 Å². The van der Waals surface area contributed by atoms with Crippen LogP contribution in [-0.4, -0.2) is 23.5 Å². The first kappa shape index (κ1) is 13.5. The van der Waals surface area contributed by atoms with Crippen LogP contribution in [0.25, 0.3) is 0 Å². The average molecular weight is 267 g/mol. The molecule has 1 aliphatic rings. The van der Waals surface area contributed by atoms with Crippen LogP contribution in [0.5, 0.6) is 0 Å². The highest BCUT2D eigenvalue weighted by Crippen LogP contribution is 2.24. The van der Waals surface area contributed by atoms with Crippen LogP contribution in [0.3, 0.4) is 0 Å². The summed E-state index contributed by atoms with van der Waals surface area (Å²) in [6.07, 6.45) is 3.25. The summed E-state index contributed by atoms with van der Waals surface area (Å²) in [4.78, 5) is 17.7. The van der Waals surface area contributed by atoms with Crippen LogP contribution in [0.2, 0.25) is 0 Å². The number of aryl methyl sites for hydroxylation is 2. The van der Waals surface area contributed by atoms with Crippen LogP contribution in [0.1, 0.15) is 47.8 Å². The van der Waals surface area contributed by atoms with Gasteiger partial charge in [-0.15, -0.1) is 11.3 Å². The van der Waals surface area contributed by atoms with E-state index in [9.17, 15) is 4.79 Å². The van der Waals surface area contributed by atoms with E-state index in [1.54, 1.807) is 11.3 Å². The first-order valence-electron chi connectivity index (χ1n) is 6.55. The van der Waals surface area contributed by atoms with Crippen molar-refractivity contribution in [2.45, 2.75) is 52.1 Å². The zero-order chi connectivity index (χ0) is 13.1. The molecule has 1 aliphatic heterocycles. The van der Waals surface area contributed by atoms with E-state index in [0.29, 0.717) is 0 Å². The van der Waals surface area contributed by atoms with Gasteiger partial charge < -0.3 is 10.6 Å². The van der Waals surface area contributed by atoms with E-state index in [0.717, 1.165) is 35.0 Å². The van der Waals surface area contributed by atoms with Crippen LogP contribution >= 0.6 is 11.3 Å². The summed E-state index contributed by atoms with van der Waals surface area (Å²) in [6, 6.07) is 0.0305. The van der Waals surface area contributed by atoms with E-state index in [1.165, 1.54) is 6.42 Å². The van der Waals surface area contributed by atoms with Gasteiger partial charge in [-0.3, -0.25) is 4.79 Å². The number of amides is 1. The van der Waals surface area contributed by atoms with E-state index < -0.39 is 0 Å². The molecular weight excluding hydrogens is 246 g/mol. The van der Waals surface area contributed by atoms with Gasteiger partial charge in [0.1, 0.15) is 0 Å². The summed E-state index contributed by atoms with van der Waals surface area (Å²) in [5, 5.41) is 7.42. The predicted molar refractivity (Wildman–Crippen MR) is 73.8 cm³/mol. The molecule has 18 heavy (non-hydrogen) atoms. The molecule has 4 nitrogen and oxygen atoms in total. The minimum Gasteiger partial charge on any atom is -0.347 e. The van der Waals surface area contributed by atoms with Gasteiger partial charge in [-0.2, -0.15) is 0 Å². The smallest absolute Gasteiger partial charge is 0.237 e. The lowest BCUT2D eigenvalue weighted by Gasteiger charge is -2.24. The molecule has 0 spiro atoms. The molecule has 1 amide bonds. The monoisotopic (exact) mass is 267 g/mol. The molecule has 0 aromatic carbocycles. The second-order valence-electron chi connectivity index (χ2n) is 4.92. The van der Waals surface area contributed by atoms with Crippen molar-refractivity contribution < 1.29 is 4.79 Å². The Labute approximate surface area is 112 Å². The number of nitrogens with zero attached hydrogens (tertiary/aromatic N) is 1. The Kier molecular flexibility index (Phi) is 4.35. The molecule has 100 valence electrons. The van der Waals surface area contributed by atoms with Gasteiger partial charge in [0, 0.05) is 4.88 Å². The van der Waals surface area contributed by atoms with Crippen molar-refractivity contribution in [3.63, 3.8) is 0 Å². The lowest BCUT2D eigenvalue weighted by Crippen LogP contribution is -2.47. The van der Waals surface area contributed by atoms with Gasteiger partial charge in [-0.05, 0) is 40.2 Å². The third-order valence-electron chi connectivity index (χ3n) is 3.32. The molecule has 2 unspecified atom stereocenters. The van der Waals surface area contributed by atoms with Crippen LogP contribution in [-0.2, 0) is 4.79 Å². The van der Waals surface area contributed by atoms with Crippen molar-refractivity contribution in [3.05, 3.63) is 15.6 Å². The molecular formula is C13H21N3OS. The Bertz CT molecular complexity index is 424. The Morgan fingerprint density at radius 1 is 1.50 bits per heavy atom. The summed E-state index contributed by atoms with van der Waals surface area (Å²) < 4.78 is 0. The molecule has 5 heteroatoms. The van der Waals surface area contributed by atoms with Crippen LogP contribution in [0.15, 0.2) is 0 Å². The van der Waals surface area contributed by atoms with Crippen molar-refractivity contribution in [1.29, 1.82) is 0 Å². The summed E-state index contributed by atoms with van der Waals surface area (Å²) in [6.45, 7) is 6.98. The summed E-state index contributed by atoms with van der Waals surface area (Å²) in [5.41, 5.74) is 1.03. The Balaban J connectivity index is 1.96. The third kappa shape index (κ3) is 3.09. The molecule has 1 fully saturated rings. The molecule has 2 N–H and O–H groups in total. The highest BCUT2D eigenvalue weighted by Gasteiger charge is 2.23. The fraction of sp³-hybridized carbons (Fsp3) is 0.692. The Hall–Kier alpha value is -0.940. The lowest BCUT2D eigenvalue weighted by atomic mass is 10.0. The molecule has 1 aromatic rings. The van der Waals surface area contributed by atoms with Crippen molar-refractivity contribution in [3.8, 4) is 0 Å². The molecule has 2 heterocycles. The molecule has 0 radical (unpaired) electrons. The Morgan fingerprint density at radius 3 is 2.83 bits per heavy atom. The number of hydrogen-bond acceptors (Lipinski definition) is 4. The average Bonchev–Trinajstić information content (AvgIpc) is 2.69. The number of carbonyl (C=O) groups excluding carboxylic acids is 1. The van der Waals surface area contributed by atoms with E-state index in [-0.39, 0.29) is 18.0 Å².